The van der Waals surface area contributed by atoms with Crippen molar-refractivity contribution in [3.8, 4) is 0 Å². The lowest BCUT2D eigenvalue weighted by Gasteiger charge is -2.42. The molecule has 1 fully saturated rings. The van der Waals surface area contributed by atoms with Crippen molar-refractivity contribution in [1.82, 2.24) is 20.1 Å². The van der Waals surface area contributed by atoms with Gasteiger partial charge in [0.15, 0.2) is 12.2 Å². The normalized spacial score (nSPS) is 16.2. The molecule has 3 amide bonds. The number of carbonyl (C=O) groups excluding carboxylic acids is 3. The summed E-state index contributed by atoms with van der Waals surface area (Å²) in [6, 6.07) is 27.7. The van der Waals surface area contributed by atoms with E-state index in [0.717, 1.165) is 22.4 Å². The number of hydrogen-bond acceptors (Lipinski definition) is 8. The molecule has 0 unspecified atom stereocenters. The molecule has 1 saturated heterocycles. The molecular weight excluding hydrogens is 580 g/mol. The van der Waals surface area contributed by atoms with Gasteiger partial charge in [0.05, 0.1) is 18.3 Å². The Kier molecular flexibility index (Phi) is 10.3. The van der Waals surface area contributed by atoms with E-state index in [1.54, 1.807) is 0 Å². The zero-order chi connectivity index (χ0) is 30.9. The molecule has 11 heteroatoms. The zero-order valence-electron chi connectivity index (χ0n) is 24.0. The van der Waals surface area contributed by atoms with Crippen LogP contribution in [0.2, 0.25) is 0 Å². The quantitative estimate of drug-likeness (QED) is 0.250. The predicted octanol–water partition coefficient (Wildman–Crippen LogP) is 3.29. The topological polar surface area (TPSA) is 132 Å². The van der Waals surface area contributed by atoms with E-state index in [9.17, 15) is 24.6 Å². The van der Waals surface area contributed by atoms with Crippen LogP contribution >= 0.6 is 11.3 Å². The number of aliphatic hydroxyl groups excluding tert-OH is 2. The number of hydrogen-bond donors (Lipinski definition) is 3. The first-order chi connectivity index (χ1) is 21.4. The van der Waals surface area contributed by atoms with Crippen LogP contribution in [0.5, 0.6) is 0 Å². The molecule has 3 atom stereocenters. The summed E-state index contributed by atoms with van der Waals surface area (Å²) in [6.45, 7) is 0.519. The highest BCUT2D eigenvalue weighted by molar-refractivity contribution is 7.09. The molecule has 2 heterocycles. The smallest absolute Gasteiger partial charge is 0.410 e. The second-order valence-corrected chi connectivity index (χ2v) is 11.4. The number of nitrogens with zero attached hydrogens (tertiary/aromatic N) is 3. The minimum Gasteiger partial charge on any atom is -0.445 e. The van der Waals surface area contributed by atoms with Gasteiger partial charge in [0, 0.05) is 31.4 Å². The van der Waals surface area contributed by atoms with Crippen molar-refractivity contribution >= 4 is 29.2 Å². The Hall–Kier alpha value is -4.58. The first-order valence-electron chi connectivity index (χ1n) is 14.3. The minimum atomic E-state index is -2.00. The highest BCUT2D eigenvalue weighted by Crippen LogP contribution is 2.27. The fourth-order valence-electron chi connectivity index (χ4n) is 5.02. The molecule has 3 N–H and O–H groups in total. The molecule has 1 aliphatic rings. The third-order valence-electron chi connectivity index (χ3n) is 7.37. The summed E-state index contributed by atoms with van der Waals surface area (Å²) in [5.74, 6) is -1.69. The molecule has 3 aromatic carbocycles. The van der Waals surface area contributed by atoms with Crippen LogP contribution < -0.4 is 5.32 Å². The first kappa shape index (κ1) is 30.9. The molecule has 0 bridgehead atoms. The van der Waals surface area contributed by atoms with Crippen LogP contribution in [0.15, 0.2) is 96.4 Å². The summed E-state index contributed by atoms with van der Waals surface area (Å²) in [7, 11) is 0. The highest BCUT2D eigenvalue weighted by atomic mass is 32.1. The summed E-state index contributed by atoms with van der Waals surface area (Å²) < 4.78 is 5.50. The van der Waals surface area contributed by atoms with E-state index >= 15 is 0 Å². The zero-order valence-corrected chi connectivity index (χ0v) is 24.8. The van der Waals surface area contributed by atoms with Crippen molar-refractivity contribution < 1.29 is 29.3 Å². The van der Waals surface area contributed by atoms with E-state index in [1.165, 1.54) is 21.1 Å². The number of thiazole rings is 1. The Balaban J connectivity index is 1.18. The number of nitrogens with one attached hydrogen (secondary N) is 1. The van der Waals surface area contributed by atoms with Gasteiger partial charge in [0.2, 0.25) is 0 Å². The van der Waals surface area contributed by atoms with Crippen molar-refractivity contribution in [3.05, 3.63) is 124 Å². The molecule has 1 aliphatic heterocycles. The molecular formula is C33H34N4O6S. The Labute approximate surface area is 259 Å². The lowest BCUT2D eigenvalue weighted by Crippen LogP contribution is -2.57. The number of ether oxygens (including phenoxy) is 1. The molecule has 228 valence electrons. The van der Waals surface area contributed by atoms with E-state index in [-0.39, 0.29) is 32.8 Å². The Bertz CT molecular complexity index is 1540. The Morgan fingerprint density at radius 1 is 0.886 bits per heavy atom. The predicted molar refractivity (Wildman–Crippen MR) is 164 cm³/mol. The molecule has 10 nitrogen and oxygen atoms in total. The number of carbonyl (C=O) groups is 3. The van der Waals surface area contributed by atoms with E-state index in [4.69, 9.17) is 4.74 Å². The van der Waals surface area contributed by atoms with Gasteiger partial charge in [-0.1, -0.05) is 91.0 Å². The monoisotopic (exact) mass is 614 g/mol. The summed E-state index contributed by atoms with van der Waals surface area (Å²) in [5, 5.41) is 26.5. The van der Waals surface area contributed by atoms with Gasteiger partial charge in [-0.05, 0) is 16.7 Å². The van der Waals surface area contributed by atoms with Crippen molar-refractivity contribution in [2.24, 2.45) is 0 Å². The average molecular weight is 615 g/mol. The molecule has 4 aromatic rings. The van der Waals surface area contributed by atoms with Crippen LogP contribution in [0, 0.1) is 0 Å². The lowest BCUT2D eigenvalue weighted by molar-refractivity contribution is -0.156. The maximum absolute atomic E-state index is 13.5. The SMILES string of the molecule is O=C(NCc1nc(Cc2ccccc2)cs1)[C@H](O)[C@@H](O)C(=O)N1CCN(C(=O)OCc2ccccc2)C[C@@H]1c1ccccc1. The van der Waals surface area contributed by atoms with Crippen molar-refractivity contribution in [1.29, 1.82) is 0 Å². The van der Waals surface area contributed by atoms with Crippen LogP contribution in [0.25, 0.3) is 0 Å². The molecule has 1 aromatic heterocycles. The highest BCUT2D eigenvalue weighted by Gasteiger charge is 2.40. The molecule has 0 spiro atoms. The van der Waals surface area contributed by atoms with E-state index in [0.29, 0.717) is 11.4 Å². The van der Waals surface area contributed by atoms with Crippen LogP contribution in [-0.4, -0.2) is 74.7 Å². The van der Waals surface area contributed by atoms with Crippen molar-refractivity contribution in [2.75, 3.05) is 19.6 Å². The van der Waals surface area contributed by atoms with Crippen molar-refractivity contribution in [3.63, 3.8) is 0 Å². The fourth-order valence-corrected chi connectivity index (χ4v) is 5.75. The van der Waals surface area contributed by atoms with Gasteiger partial charge in [0.25, 0.3) is 11.8 Å². The van der Waals surface area contributed by atoms with Gasteiger partial charge < -0.3 is 30.1 Å². The van der Waals surface area contributed by atoms with Gasteiger partial charge >= 0.3 is 6.09 Å². The number of aliphatic hydroxyl groups is 2. The number of aromatic nitrogens is 1. The summed E-state index contributed by atoms with van der Waals surface area (Å²) in [6.07, 6.45) is -3.85. The lowest BCUT2D eigenvalue weighted by atomic mass is 10.0. The number of rotatable bonds is 10. The maximum Gasteiger partial charge on any atom is 0.410 e. The van der Waals surface area contributed by atoms with Crippen LogP contribution in [0.4, 0.5) is 4.79 Å². The largest absolute Gasteiger partial charge is 0.445 e. The number of benzene rings is 3. The van der Waals surface area contributed by atoms with Crippen molar-refractivity contribution in [2.45, 2.75) is 37.8 Å². The molecule has 0 radical (unpaired) electrons. The van der Waals surface area contributed by atoms with Crippen LogP contribution in [0.1, 0.15) is 33.4 Å². The summed E-state index contributed by atoms with van der Waals surface area (Å²) >= 11 is 1.37. The van der Waals surface area contributed by atoms with Gasteiger partial charge in [-0.25, -0.2) is 9.78 Å². The van der Waals surface area contributed by atoms with E-state index in [1.807, 2.05) is 96.4 Å². The maximum atomic E-state index is 13.5. The first-order valence-corrected chi connectivity index (χ1v) is 15.2. The average Bonchev–Trinajstić information content (AvgIpc) is 3.53. The third-order valence-corrected chi connectivity index (χ3v) is 8.27. The number of piperazine rings is 1. The van der Waals surface area contributed by atoms with Gasteiger partial charge in [0.1, 0.15) is 11.6 Å². The minimum absolute atomic E-state index is 0.0483. The Morgan fingerprint density at radius 2 is 1.52 bits per heavy atom. The second-order valence-electron chi connectivity index (χ2n) is 10.4. The summed E-state index contributed by atoms with van der Waals surface area (Å²) in [4.78, 5) is 46.5. The Morgan fingerprint density at radius 3 is 2.20 bits per heavy atom. The summed E-state index contributed by atoms with van der Waals surface area (Å²) in [5.41, 5.74) is 3.56. The third kappa shape index (κ3) is 7.87. The van der Waals surface area contributed by atoms with E-state index in [2.05, 4.69) is 10.3 Å². The number of amides is 3. The molecule has 44 heavy (non-hydrogen) atoms. The molecule has 5 rings (SSSR count). The van der Waals surface area contributed by atoms with Crippen LogP contribution in [0.3, 0.4) is 0 Å². The van der Waals surface area contributed by atoms with Gasteiger partial charge in [-0.3, -0.25) is 9.59 Å². The second kappa shape index (κ2) is 14.7. The van der Waals surface area contributed by atoms with Crippen LogP contribution in [-0.2, 0) is 33.9 Å². The molecule has 0 saturated carbocycles. The van der Waals surface area contributed by atoms with E-state index < -0.39 is 36.2 Å². The standard InChI is InChI=1S/C33H34N4O6S/c38-29(31(40)34-19-28-35-26(22-44-28)18-23-10-4-1-5-11-23)30(39)32(41)37-17-16-36(20-27(37)25-14-8-3-9-15-25)33(42)43-21-24-12-6-2-7-13-24/h1-15,22,27,29-30,38-39H,16-21H2,(H,34,40)/t27-,29-,30-/m1/s1. The fraction of sp³-hybridized carbons (Fsp3) is 0.273. The van der Waals surface area contributed by atoms with Gasteiger partial charge in [-0.15, -0.1) is 11.3 Å². The molecule has 0 aliphatic carbocycles. The van der Waals surface area contributed by atoms with Gasteiger partial charge in [-0.2, -0.15) is 0 Å².